The molecule has 0 radical (unpaired) electrons. The van der Waals surface area contributed by atoms with E-state index in [1.807, 2.05) is 13.2 Å². The summed E-state index contributed by atoms with van der Waals surface area (Å²) in [5, 5.41) is 4.42. The Morgan fingerprint density at radius 2 is 2.27 bits per heavy atom. The Bertz CT molecular complexity index is 503. The summed E-state index contributed by atoms with van der Waals surface area (Å²) in [6.07, 6.45) is 7.39. The number of benzene rings is 1. The van der Waals surface area contributed by atoms with E-state index >= 15 is 0 Å². The fourth-order valence-corrected chi connectivity index (χ4v) is 1.90. The van der Waals surface area contributed by atoms with Gasteiger partial charge in [-0.15, -0.1) is 6.42 Å². The molecule has 2 rings (SSSR count). The van der Waals surface area contributed by atoms with Gasteiger partial charge in [0, 0.05) is 12.7 Å². The van der Waals surface area contributed by atoms with Crippen LogP contribution in [-0.2, 0) is 13.1 Å². The molecule has 1 heterocycles. The number of para-hydroxylation sites is 1. The average Bonchev–Trinajstić information content (AvgIpc) is 2.64. The summed E-state index contributed by atoms with van der Waals surface area (Å²) in [6, 6.07) is 8.43. The maximum absolute atomic E-state index is 5.35. The highest BCUT2D eigenvalue weighted by atomic mass is 15.0. The predicted octanol–water partition coefficient (Wildman–Crippen LogP) is 1.99. The molecule has 76 valence electrons. The Labute approximate surface area is 89.9 Å². The first-order chi connectivity index (χ1) is 7.36. The zero-order valence-electron chi connectivity index (χ0n) is 8.83. The van der Waals surface area contributed by atoms with Crippen molar-refractivity contribution in [1.29, 1.82) is 0 Å². The highest BCUT2D eigenvalue weighted by Gasteiger charge is 2.04. The Kier molecular flexibility index (Phi) is 2.75. The van der Waals surface area contributed by atoms with Gasteiger partial charge in [-0.2, -0.15) is 0 Å². The van der Waals surface area contributed by atoms with Crippen molar-refractivity contribution in [1.82, 2.24) is 9.88 Å². The molecule has 1 aromatic heterocycles. The lowest BCUT2D eigenvalue weighted by atomic mass is 10.1. The highest BCUT2D eigenvalue weighted by Crippen LogP contribution is 2.20. The SMILES string of the molecule is C#CCn1ccc2cccc(CNC)c21. The van der Waals surface area contributed by atoms with E-state index < -0.39 is 0 Å². The zero-order chi connectivity index (χ0) is 10.7. The minimum Gasteiger partial charge on any atom is -0.336 e. The minimum atomic E-state index is 0.629. The number of nitrogens with one attached hydrogen (secondary N) is 1. The van der Waals surface area contributed by atoms with Crippen molar-refractivity contribution in [3.8, 4) is 12.3 Å². The molecule has 0 aliphatic heterocycles. The lowest BCUT2D eigenvalue weighted by molar-refractivity contribution is 0.808. The van der Waals surface area contributed by atoms with Gasteiger partial charge in [-0.25, -0.2) is 0 Å². The monoisotopic (exact) mass is 198 g/mol. The molecule has 1 aromatic carbocycles. The third-order valence-electron chi connectivity index (χ3n) is 2.50. The Morgan fingerprint density at radius 3 is 3.00 bits per heavy atom. The van der Waals surface area contributed by atoms with Gasteiger partial charge in [-0.1, -0.05) is 24.1 Å². The first-order valence-corrected chi connectivity index (χ1v) is 5.01. The Hall–Kier alpha value is -1.72. The van der Waals surface area contributed by atoms with Crippen molar-refractivity contribution in [2.24, 2.45) is 0 Å². The molecule has 0 bridgehead atoms. The van der Waals surface area contributed by atoms with Crippen LogP contribution >= 0.6 is 0 Å². The molecule has 0 unspecified atom stereocenters. The van der Waals surface area contributed by atoms with Crippen LogP contribution in [0.4, 0.5) is 0 Å². The van der Waals surface area contributed by atoms with Crippen LogP contribution < -0.4 is 5.32 Å². The third-order valence-corrected chi connectivity index (χ3v) is 2.50. The lowest BCUT2D eigenvalue weighted by Crippen LogP contribution is -2.07. The number of rotatable bonds is 3. The summed E-state index contributed by atoms with van der Waals surface area (Å²) in [5.41, 5.74) is 2.53. The fourth-order valence-electron chi connectivity index (χ4n) is 1.90. The van der Waals surface area contributed by atoms with Gasteiger partial charge in [0.05, 0.1) is 12.1 Å². The largest absolute Gasteiger partial charge is 0.336 e. The van der Waals surface area contributed by atoms with Gasteiger partial charge in [-0.3, -0.25) is 0 Å². The van der Waals surface area contributed by atoms with Crippen LogP contribution in [0.25, 0.3) is 10.9 Å². The van der Waals surface area contributed by atoms with Crippen LogP contribution in [0.3, 0.4) is 0 Å². The quantitative estimate of drug-likeness (QED) is 0.746. The number of fused-ring (bicyclic) bond motifs is 1. The maximum atomic E-state index is 5.35. The summed E-state index contributed by atoms with van der Waals surface area (Å²) in [5.74, 6) is 2.67. The molecular weight excluding hydrogens is 184 g/mol. The molecule has 2 aromatic rings. The van der Waals surface area contributed by atoms with Gasteiger partial charge in [0.15, 0.2) is 0 Å². The molecule has 0 aliphatic carbocycles. The lowest BCUT2D eigenvalue weighted by Gasteiger charge is -2.06. The summed E-state index contributed by atoms with van der Waals surface area (Å²) >= 11 is 0. The van der Waals surface area contributed by atoms with E-state index in [1.165, 1.54) is 16.5 Å². The molecular formula is C13H14N2. The zero-order valence-corrected chi connectivity index (χ0v) is 8.83. The second-order valence-corrected chi connectivity index (χ2v) is 3.53. The van der Waals surface area contributed by atoms with Gasteiger partial charge < -0.3 is 9.88 Å². The van der Waals surface area contributed by atoms with E-state index in [4.69, 9.17) is 6.42 Å². The topological polar surface area (TPSA) is 17.0 Å². The second kappa shape index (κ2) is 4.20. The van der Waals surface area contributed by atoms with Crippen molar-refractivity contribution in [3.63, 3.8) is 0 Å². The number of hydrogen-bond acceptors (Lipinski definition) is 1. The van der Waals surface area contributed by atoms with Crippen LogP contribution in [0.2, 0.25) is 0 Å². The molecule has 0 amide bonds. The van der Waals surface area contributed by atoms with Gasteiger partial charge in [-0.05, 0) is 24.1 Å². The van der Waals surface area contributed by atoms with Crippen LogP contribution in [0.1, 0.15) is 5.56 Å². The minimum absolute atomic E-state index is 0.629. The van der Waals surface area contributed by atoms with E-state index in [0.29, 0.717) is 6.54 Å². The molecule has 1 N–H and O–H groups in total. The van der Waals surface area contributed by atoms with E-state index in [9.17, 15) is 0 Å². The molecule has 15 heavy (non-hydrogen) atoms. The Balaban J connectivity index is 2.59. The maximum Gasteiger partial charge on any atom is 0.0835 e. The van der Waals surface area contributed by atoms with E-state index in [2.05, 4.69) is 40.1 Å². The van der Waals surface area contributed by atoms with Crippen molar-refractivity contribution in [2.75, 3.05) is 7.05 Å². The molecule has 0 atom stereocenters. The van der Waals surface area contributed by atoms with Crippen LogP contribution in [0, 0.1) is 12.3 Å². The van der Waals surface area contributed by atoms with Crippen molar-refractivity contribution in [2.45, 2.75) is 13.1 Å². The number of aromatic nitrogens is 1. The smallest absolute Gasteiger partial charge is 0.0835 e. The van der Waals surface area contributed by atoms with Gasteiger partial charge in [0.1, 0.15) is 0 Å². The van der Waals surface area contributed by atoms with Crippen molar-refractivity contribution >= 4 is 10.9 Å². The second-order valence-electron chi connectivity index (χ2n) is 3.53. The van der Waals surface area contributed by atoms with Crippen molar-refractivity contribution in [3.05, 3.63) is 36.0 Å². The normalized spacial score (nSPS) is 10.4. The van der Waals surface area contributed by atoms with Gasteiger partial charge in [0.25, 0.3) is 0 Å². The van der Waals surface area contributed by atoms with Gasteiger partial charge >= 0.3 is 0 Å². The molecule has 0 saturated heterocycles. The highest BCUT2D eigenvalue weighted by molar-refractivity contribution is 5.83. The molecule has 0 saturated carbocycles. The van der Waals surface area contributed by atoms with Gasteiger partial charge in [0.2, 0.25) is 0 Å². The van der Waals surface area contributed by atoms with E-state index in [1.54, 1.807) is 0 Å². The summed E-state index contributed by atoms with van der Waals surface area (Å²) in [6.45, 7) is 1.50. The fraction of sp³-hybridized carbons (Fsp3) is 0.231. The van der Waals surface area contributed by atoms with E-state index in [0.717, 1.165) is 6.54 Å². The van der Waals surface area contributed by atoms with Crippen LogP contribution in [0.15, 0.2) is 30.5 Å². The first-order valence-electron chi connectivity index (χ1n) is 5.01. The number of nitrogens with zero attached hydrogens (tertiary/aromatic N) is 1. The predicted molar refractivity (Wildman–Crippen MR) is 63.5 cm³/mol. The summed E-state index contributed by atoms with van der Waals surface area (Å²) in [7, 11) is 1.95. The summed E-state index contributed by atoms with van der Waals surface area (Å²) < 4.78 is 2.11. The summed E-state index contributed by atoms with van der Waals surface area (Å²) in [4.78, 5) is 0. The van der Waals surface area contributed by atoms with Crippen LogP contribution in [0.5, 0.6) is 0 Å². The first kappa shape index (κ1) is 9.82. The third kappa shape index (κ3) is 1.74. The average molecular weight is 198 g/mol. The molecule has 0 spiro atoms. The molecule has 2 heteroatoms. The molecule has 2 nitrogen and oxygen atoms in total. The standard InChI is InChI=1S/C13H14N2/c1-3-8-15-9-7-11-5-4-6-12(10-14-2)13(11)15/h1,4-7,9,14H,8,10H2,2H3. The van der Waals surface area contributed by atoms with Crippen molar-refractivity contribution < 1.29 is 0 Å². The molecule has 0 fully saturated rings. The Morgan fingerprint density at radius 1 is 1.40 bits per heavy atom. The van der Waals surface area contributed by atoms with E-state index in [-0.39, 0.29) is 0 Å². The molecule has 0 aliphatic rings. The number of terminal acetylenes is 1. The number of hydrogen-bond donors (Lipinski definition) is 1. The van der Waals surface area contributed by atoms with Crippen LogP contribution in [-0.4, -0.2) is 11.6 Å².